The first kappa shape index (κ1) is 16.8. The van der Waals surface area contributed by atoms with E-state index < -0.39 is 0 Å². The van der Waals surface area contributed by atoms with E-state index in [-0.39, 0.29) is 0 Å². The van der Waals surface area contributed by atoms with Crippen LogP contribution in [-0.4, -0.2) is 29.9 Å². The molecule has 1 aromatic carbocycles. The van der Waals surface area contributed by atoms with Gasteiger partial charge in [-0.1, -0.05) is 12.1 Å². The molecular formula is C20H17N7S. The molecule has 0 saturated carbocycles. The molecule has 0 fully saturated rings. The minimum absolute atomic E-state index is 0.670. The zero-order valence-electron chi connectivity index (χ0n) is 15.4. The monoisotopic (exact) mass is 387 g/mol. The minimum Gasteiger partial charge on any atom is -0.365 e. The number of anilines is 1. The average Bonchev–Trinajstić information content (AvgIpc) is 3.38. The lowest BCUT2D eigenvalue weighted by Gasteiger charge is -2.07. The van der Waals surface area contributed by atoms with Crippen molar-refractivity contribution in [2.75, 3.05) is 5.32 Å². The summed E-state index contributed by atoms with van der Waals surface area (Å²) >= 11 is 1.57. The summed E-state index contributed by atoms with van der Waals surface area (Å²) in [5.74, 6) is 0.821. The summed E-state index contributed by atoms with van der Waals surface area (Å²) < 4.78 is 2.85. The fourth-order valence-electron chi connectivity index (χ4n) is 3.18. The number of benzene rings is 1. The van der Waals surface area contributed by atoms with E-state index in [1.807, 2.05) is 23.9 Å². The smallest absolute Gasteiger partial charge is 0.149 e. The van der Waals surface area contributed by atoms with Crippen molar-refractivity contribution < 1.29 is 0 Å². The van der Waals surface area contributed by atoms with Crippen LogP contribution in [0.3, 0.4) is 0 Å². The van der Waals surface area contributed by atoms with Crippen LogP contribution in [0.25, 0.3) is 26.1 Å². The Morgan fingerprint density at radius 2 is 1.93 bits per heavy atom. The molecule has 8 heteroatoms. The van der Waals surface area contributed by atoms with Crippen LogP contribution in [0.1, 0.15) is 16.8 Å². The standard InChI is InChI=1S/C20H17N7S/c1-12-13(2)25-26-20-16(12)17-18(28-20)19(23-11-22-17)21-10-14-4-6-15(7-5-14)27-9-3-8-24-27/h3-9,11H,10H2,1-2H3,(H,21,22,23). The Morgan fingerprint density at radius 3 is 2.71 bits per heavy atom. The molecule has 7 nitrogen and oxygen atoms in total. The molecule has 0 radical (unpaired) electrons. The minimum atomic E-state index is 0.670. The van der Waals surface area contributed by atoms with E-state index in [0.29, 0.717) is 6.54 Å². The quantitative estimate of drug-likeness (QED) is 0.501. The number of fused-ring (bicyclic) bond motifs is 3. The lowest BCUT2D eigenvalue weighted by Crippen LogP contribution is -2.02. The van der Waals surface area contributed by atoms with Gasteiger partial charge < -0.3 is 5.32 Å². The van der Waals surface area contributed by atoms with Crippen LogP contribution in [0.2, 0.25) is 0 Å². The summed E-state index contributed by atoms with van der Waals surface area (Å²) in [6.45, 7) is 4.71. The number of hydrogen-bond acceptors (Lipinski definition) is 7. The van der Waals surface area contributed by atoms with Crippen molar-refractivity contribution in [2.45, 2.75) is 20.4 Å². The van der Waals surface area contributed by atoms with E-state index in [4.69, 9.17) is 0 Å². The van der Waals surface area contributed by atoms with Crippen LogP contribution in [-0.2, 0) is 6.54 Å². The van der Waals surface area contributed by atoms with Crippen molar-refractivity contribution in [3.05, 3.63) is 65.9 Å². The Balaban J connectivity index is 1.45. The lowest BCUT2D eigenvalue weighted by molar-refractivity contribution is 0.879. The Hall–Kier alpha value is -3.39. The number of thiophene rings is 1. The van der Waals surface area contributed by atoms with Crippen molar-refractivity contribution in [3.63, 3.8) is 0 Å². The summed E-state index contributed by atoms with van der Waals surface area (Å²) in [6.07, 6.45) is 5.31. The van der Waals surface area contributed by atoms with Gasteiger partial charge in [-0.2, -0.15) is 10.2 Å². The summed E-state index contributed by atoms with van der Waals surface area (Å²) in [5.41, 5.74) is 5.18. The molecule has 0 unspecified atom stereocenters. The van der Waals surface area contributed by atoms with Gasteiger partial charge in [-0.15, -0.1) is 16.4 Å². The van der Waals surface area contributed by atoms with E-state index in [0.717, 1.165) is 48.8 Å². The van der Waals surface area contributed by atoms with Gasteiger partial charge in [0.15, 0.2) is 0 Å². The molecule has 138 valence electrons. The number of hydrogen-bond donors (Lipinski definition) is 1. The Bertz CT molecular complexity index is 1270. The first-order valence-corrected chi connectivity index (χ1v) is 9.72. The molecule has 28 heavy (non-hydrogen) atoms. The largest absolute Gasteiger partial charge is 0.365 e. The number of rotatable bonds is 4. The van der Waals surface area contributed by atoms with Crippen LogP contribution < -0.4 is 5.32 Å². The van der Waals surface area contributed by atoms with Crippen molar-refractivity contribution in [2.24, 2.45) is 0 Å². The molecule has 0 saturated heterocycles. The van der Waals surface area contributed by atoms with Gasteiger partial charge in [-0.25, -0.2) is 14.6 Å². The van der Waals surface area contributed by atoms with Crippen molar-refractivity contribution in [1.82, 2.24) is 29.9 Å². The maximum atomic E-state index is 4.51. The number of aryl methyl sites for hydroxylation is 2. The van der Waals surface area contributed by atoms with Crippen LogP contribution in [0, 0.1) is 13.8 Å². The Morgan fingerprint density at radius 1 is 1.07 bits per heavy atom. The predicted octanol–water partition coefficient (Wildman–Crippen LogP) is 4.05. The highest BCUT2D eigenvalue weighted by Crippen LogP contribution is 2.36. The van der Waals surface area contributed by atoms with Crippen LogP contribution >= 0.6 is 11.3 Å². The third-order valence-electron chi connectivity index (χ3n) is 4.83. The fourth-order valence-corrected chi connectivity index (χ4v) is 4.28. The molecule has 0 amide bonds. The molecule has 0 bridgehead atoms. The van der Waals surface area contributed by atoms with E-state index in [1.54, 1.807) is 23.9 Å². The highest BCUT2D eigenvalue weighted by Gasteiger charge is 2.15. The van der Waals surface area contributed by atoms with Gasteiger partial charge in [0.1, 0.15) is 17.0 Å². The molecule has 4 heterocycles. The topological polar surface area (TPSA) is 81.4 Å². The van der Waals surface area contributed by atoms with Gasteiger partial charge in [0.05, 0.1) is 21.6 Å². The second-order valence-electron chi connectivity index (χ2n) is 6.56. The predicted molar refractivity (Wildman–Crippen MR) is 111 cm³/mol. The molecule has 0 aliphatic heterocycles. The molecule has 0 atom stereocenters. The Labute approximate surface area is 165 Å². The first-order chi connectivity index (χ1) is 13.7. The molecule has 0 spiro atoms. The van der Waals surface area contributed by atoms with Crippen LogP contribution in [0.5, 0.6) is 0 Å². The van der Waals surface area contributed by atoms with E-state index in [9.17, 15) is 0 Å². The highest BCUT2D eigenvalue weighted by atomic mass is 32.1. The zero-order valence-corrected chi connectivity index (χ0v) is 16.2. The molecule has 4 aromatic heterocycles. The zero-order chi connectivity index (χ0) is 19.1. The van der Waals surface area contributed by atoms with Gasteiger partial charge in [0.25, 0.3) is 0 Å². The molecule has 0 aliphatic carbocycles. The third-order valence-corrected chi connectivity index (χ3v) is 5.90. The summed E-state index contributed by atoms with van der Waals surface area (Å²) in [5, 5.41) is 17.3. The van der Waals surface area contributed by atoms with Crippen LogP contribution in [0.15, 0.2) is 49.1 Å². The summed E-state index contributed by atoms with van der Waals surface area (Å²) in [4.78, 5) is 9.86. The van der Waals surface area contributed by atoms with Crippen molar-refractivity contribution in [1.29, 1.82) is 0 Å². The molecule has 1 N–H and O–H groups in total. The number of nitrogens with zero attached hydrogens (tertiary/aromatic N) is 6. The van der Waals surface area contributed by atoms with E-state index >= 15 is 0 Å². The highest BCUT2D eigenvalue weighted by molar-refractivity contribution is 7.25. The van der Waals surface area contributed by atoms with Gasteiger partial charge in [-0.3, -0.25) is 0 Å². The maximum Gasteiger partial charge on any atom is 0.149 e. The number of nitrogens with one attached hydrogen (secondary N) is 1. The normalized spacial score (nSPS) is 11.4. The van der Waals surface area contributed by atoms with Gasteiger partial charge in [-0.05, 0) is 43.2 Å². The third kappa shape index (κ3) is 2.78. The average molecular weight is 387 g/mol. The number of aromatic nitrogens is 6. The van der Waals surface area contributed by atoms with E-state index in [1.165, 1.54) is 0 Å². The summed E-state index contributed by atoms with van der Waals surface area (Å²) in [7, 11) is 0. The molecule has 5 rings (SSSR count). The molecule has 5 aromatic rings. The summed E-state index contributed by atoms with van der Waals surface area (Å²) in [6, 6.07) is 10.2. The Kier molecular flexibility index (Phi) is 3.98. The molecule has 0 aliphatic rings. The van der Waals surface area contributed by atoms with Crippen molar-refractivity contribution >= 4 is 37.6 Å². The SMILES string of the molecule is Cc1nnc2sc3c(NCc4ccc(-n5cccn5)cc4)ncnc3c2c1C. The van der Waals surface area contributed by atoms with E-state index in [2.05, 4.69) is 61.8 Å². The van der Waals surface area contributed by atoms with Gasteiger partial charge in [0.2, 0.25) is 0 Å². The first-order valence-electron chi connectivity index (χ1n) is 8.90. The fraction of sp³-hybridized carbons (Fsp3) is 0.150. The lowest BCUT2D eigenvalue weighted by atomic mass is 10.1. The molecular weight excluding hydrogens is 370 g/mol. The van der Waals surface area contributed by atoms with Crippen molar-refractivity contribution in [3.8, 4) is 5.69 Å². The van der Waals surface area contributed by atoms with Gasteiger partial charge in [0, 0.05) is 24.3 Å². The maximum absolute atomic E-state index is 4.51. The second kappa shape index (κ2) is 6.65. The van der Waals surface area contributed by atoms with Gasteiger partial charge >= 0.3 is 0 Å². The second-order valence-corrected chi connectivity index (χ2v) is 7.56. The van der Waals surface area contributed by atoms with Crippen LogP contribution in [0.4, 0.5) is 5.82 Å².